The van der Waals surface area contributed by atoms with Gasteiger partial charge in [0.2, 0.25) is 29.2 Å². The second-order valence-corrected chi connectivity index (χ2v) is 17.4. The SMILES string of the molecule is CCc1c2c(nc3cc(OC(=O)NCCNC(=O)C(C)NC(=O)C(C)NC(=O)CCC(=O)NCCCOCC(O)CO)ccc13)-c1cc3c(c(=O)n1C2)COC(=O)[C@@]3(CC)OC(=O)C(C)(C)C. The lowest BCUT2D eigenvalue weighted by atomic mass is 9.84. The zero-order valence-electron chi connectivity index (χ0n) is 38.9. The number of cyclic esters (lactones) is 1. The maximum atomic E-state index is 14.1. The number of rotatable bonds is 21. The molecule has 2 aromatic heterocycles. The van der Waals surface area contributed by atoms with Gasteiger partial charge in [-0.25, -0.2) is 14.6 Å². The topological polar surface area (TPSA) is 292 Å². The van der Waals surface area contributed by atoms with Crippen molar-refractivity contribution in [1.29, 1.82) is 0 Å². The van der Waals surface area contributed by atoms with Gasteiger partial charge in [0.25, 0.3) is 5.56 Å². The summed E-state index contributed by atoms with van der Waals surface area (Å²) in [7, 11) is 0. The average Bonchev–Trinajstić information content (AvgIpc) is 3.65. The number of amides is 5. The molecular formula is C46H61N7O14. The van der Waals surface area contributed by atoms with Crippen molar-refractivity contribution in [1.82, 2.24) is 36.1 Å². The molecule has 0 fully saturated rings. The quantitative estimate of drug-likeness (QED) is 0.0455. The Morgan fingerprint density at radius 3 is 2.30 bits per heavy atom. The molecule has 364 valence electrons. The predicted octanol–water partition coefficient (Wildman–Crippen LogP) is 1.11. The van der Waals surface area contributed by atoms with Gasteiger partial charge in [-0.1, -0.05) is 13.8 Å². The molecule has 2 aliphatic rings. The van der Waals surface area contributed by atoms with Crippen LogP contribution in [-0.4, -0.2) is 119 Å². The van der Waals surface area contributed by atoms with Crippen molar-refractivity contribution in [2.75, 3.05) is 39.5 Å². The van der Waals surface area contributed by atoms with E-state index in [1.165, 1.54) is 13.8 Å². The number of hydrogen-bond donors (Lipinski definition) is 7. The van der Waals surface area contributed by atoms with Gasteiger partial charge in [-0.15, -0.1) is 0 Å². The Hall–Kier alpha value is -6.45. The van der Waals surface area contributed by atoms with E-state index in [9.17, 15) is 43.5 Å². The molecule has 0 aliphatic carbocycles. The maximum absolute atomic E-state index is 14.1. The summed E-state index contributed by atoms with van der Waals surface area (Å²) in [5.41, 5.74) is 0.518. The van der Waals surface area contributed by atoms with E-state index in [0.717, 1.165) is 16.5 Å². The first-order valence-corrected chi connectivity index (χ1v) is 22.3. The van der Waals surface area contributed by atoms with Crippen LogP contribution in [-0.2, 0) is 68.2 Å². The number of esters is 2. The van der Waals surface area contributed by atoms with Gasteiger partial charge < -0.3 is 60.3 Å². The molecule has 3 unspecified atom stereocenters. The van der Waals surface area contributed by atoms with Gasteiger partial charge in [0, 0.05) is 61.7 Å². The number of pyridine rings is 2. The Morgan fingerprint density at radius 2 is 1.61 bits per heavy atom. The number of benzene rings is 1. The number of hydrogen-bond acceptors (Lipinski definition) is 15. The van der Waals surface area contributed by atoms with Crippen molar-refractivity contribution in [3.05, 3.63) is 56.9 Å². The summed E-state index contributed by atoms with van der Waals surface area (Å²) < 4.78 is 23.6. The fourth-order valence-electron chi connectivity index (χ4n) is 7.50. The van der Waals surface area contributed by atoms with Crippen LogP contribution in [0.3, 0.4) is 0 Å². The summed E-state index contributed by atoms with van der Waals surface area (Å²) in [4.78, 5) is 108. The van der Waals surface area contributed by atoms with Crippen molar-refractivity contribution in [3.8, 4) is 17.1 Å². The number of carbonyl (C=O) groups is 7. The molecule has 5 rings (SSSR count). The summed E-state index contributed by atoms with van der Waals surface area (Å²) in [5, 5.41) is 31.6. The van der Waals surface area contributed by atoms with Crippen LogP contribution in [0, 0.1) is 5.41 Å². The lowest BCUT2D eigenvalue weighted by Gasteiger charge is -2.37. The molecule has 0 saturated heterocycles. The Bertz CT molecular complexity index is 2450. The summed E-state index contributed by atoms with van der Waals surface area (Å²) in [6.07, 6.45) is -0.982. The highest BCUT2D eigenvalue weighted by molar-refractivity contribution is 5.93. The third kappa shape index (κ3) is 12.3. The normalized spacial score (nSPS) is 16.3. The van der Waals surface area contributed by atoms with Crippen molar-refractivity contribution >= 4 is 52.6 Å². The lowest BCUT2D eigenvalue weighted by Crippen LogP contribution is -2.52. The fourth-order valence-corrected chi connectivity index (χ4v) is 7.50. The first-order valence-electron chi connectivity index (χ1n) is 22.3. The number of aliphatic hydroxyl groups excluding tert-OH is 2. The number of aliphatic hydroxyl groups is 2. The molecule has 21 nitrogen and oxygen atoms in total. The zero-order valence-corrected chi connectivity index (χ0v) is 38.9. The van der Waals surface area contributed by atoms with Gasteiger partial charge in [-0.05, 0) is 77.6 Å². The first kappa shape index (κ1) is 51.5. The smallest absolute Gasteiger partial charge is 0.412 e. The molecule has 1 aromatic carbocycles. The summed E-state index contributed by atoms with van der Waals surface area (Å²) in [6.45, 7) is 11.6. The zero-order chi connectivity index (χ0) is 49.2. The van der Waals surface area contributed by atoms with Gasteiger partial charge in [0.1, 0.15) is 30.5 Å². The molecule has 3 aromatic rings. The van der Waals surface area contributed by atoms with Gasteiger partial charge >= 0.3 is 18.0 Å². The minimum absolute atomic E-state index is 0.0113. The summed E-state index contributed by atoms with van der Waals surface area (Å²) in [6, 6.07) is 4.68. The van der Waals surface area contributed by atoms with Crippen LogP contribution in [0.4, 0.5) is 4.79 Å². The molecule has 7 N–H and O–H groups in total. The molecule has 4 heterocycles. The standard InChI is InChI=1S/C46H61N7O14/c1-8-29-30-12-11-28(19-34(30)52-38-31(29)21-53-35(38)20-33-32(41(53)60)24-65-43(62)46(33,9-2)67-42(61)45(5,6)7)66-44(63)49-17-16-48-39(58)25(3)51-40(59)26(4)50-37(57)14-13-36(56)47-15-10-18-64-23-27(55)22-54/h11-12,19-20,25-27,54-55H,8-10,13-18,21-24H2,1-7H3,(H,47,56)(H,48,58)(H,49,63)(H,50,57)(H,51,59)/t25?,26?,27?,46-/m0/s1. The van der Waals surface area contributed by atoms with E-state index < -0.39 is 71.6 Å². The molecule has 2 aliphatic heterocycles. The van der Waals surface area contributed by atoms with E-state index in [4.69, 9.17) is 29.0 Å². The molecular weight excluding hydrogens is 875 g/mol. The van der Waals surface area contributed by atoms with Gasteiger partial charge in [0.15, 0.2) is 0 Å². The minimum atomic E-state index is -1.83. The first-order chi connectivity index (χ1) is 31.7. The van der Waals surface area contributed by atoms with Crippen LogP contribution in [0.2, 0.25) is 0 Å². The van der Waals surface area contributed by atoms with Gasteiger partial charge in [-0.3, -0.25) is 28.8 Å². The number of nitrogens with one attached hydrogen (secondary N) is 5. The number of aromatic nitrogens is 2. The Labute approximate surface area is 387 Å². The van der Waals surface area contributed by atoms with Crippen LogP contribution in [0.5, 0.6) is 5.75 Å². The maximum Gasteiger partial charge on any atom is 0.412 e. The van der Waals surface area contributed by atoms with Gasteiger partial charge in [-0.2, -0.15) is 0 Å². The predicted molar refractivity (Wildman–Crippen MR) is 240 cm³/mol. The number of carbonyl (C=O) groups excluding carboxylic acids is 7. The van der Waals surface area contributed by atoms with Crippen LogP contribution in [0.25, 0.3) is 22.3 Å². The summed E-state index contributed by atoms with van der Waals surface area (Å²) in [5.74, 6) is -3.31. The van der Waals surface area contributed by atoms with E-state index in [-0.39, 0.29) is 93.6 Å². The second kappa shape index (κ2) is 22.4. The molecule has 0 bridgehead atoms. The van der Waals surface area contributed by atoms with Crippen LogP contribution in [0.15, 0.2) is 29.1 Å². The van der Waals surface area contributed by atoms with Crippen molar-refractivity contribution in [2.24, 2.45) is 5.41 Å². The van der Waals surface area contributed by atoms with E-state index in [1.807, 2.05) is 6.92 Å². The molecule has 0 saturated carbocycles. The highest BCUT2D eigenvalue weighted by atomic mass is 16.6. The lowest BCUT2D eigenvalue weighted by molar-refractivity contribution is -0.194. The second-order valence-electron chi connectivity index (χ2n) is 17.4. The number of ether oxygens (including phenoxy) is 4. The highest BCUT2D eigenvalue weighted by Crippen LogP contribution is 2.43. The van der Waals surface area contributed by atoms with Crippen molar-refractivity contribution < 1.29 is 62.7 Å². The minimum Gasteiger partial charge on any atom is -0.457 e. The average molecular weight is 936 g/mol. The molecule has 0 radical (unpaired) electrons. The largest absolute Gasteiger partial charge is 0.457 e. The Morgan fingerprint density at radius 1 is 0.910 bits per heavy atom. The Kier molecular flexibility index (Phi) is 17.2. The third-order valence-corrected chi connectivity index (χ3v) is 11.3. The number of fused-ring (bicyclic) bond motifs is 5. The Balaban J connectivity index is 1.12. The van der Waals surface area contributed by atoms with Gasteiger partial charge in [0.05, 0.1) is 47.6 Å². The molecule has 21 heteroatoms. The molecule has 67 heavy (non-hydrogen) atoms. The van der Waals surface area contributed by atoms with Crippen molar-refractivity contribution in [3.63, 3.8) is 0 Å². The van der Waals surface area contributed by atoms with Crippen molar-refractivity contribution in [2.45, 2.75) is 118 Å². The highest BCUT2D eigenvalue weighted by Gasteiger charge is 2.51. The molecule has 0 spiro atoms. The number of nitrogens with zero attached hydrogens (tertiary/aromatic N) is 2. The van der Waals surface area contributed by atoms with E-state index in [1.54, 1.807) is 56.5 Å². The molecule has 4 atom stereocenters. The van der Waals surface area contributed by atoms with E-state index in [0.29, 0.717) is 29.7 Å². The van der Waals surface area contributed by atoms with Crippen LogP contribution >= 0.6 is 0 Å². The summed E-state index contributed by atoms with van der Waals surface area (Å²) >= 11 is 0. The van der Waals surface area contributed by atoms with Crippen LogP contribution in [0.1, 0.15) is 96.4 Å². The monoisotopic (exact) mass is 935 g/mol. The van der Waals surface area contributed by atoms with Crippen LogP contribution < -0.4 is 36.9 Å². The third-order valence-electron chi connectivity index (χ3n) is 11.3. The van der Waals surface area contributed by atoms with E-state index >= 15 is 0 Å². The molecule has 5 amide bonds. The number of aryl methyl sites for hydroxylation is 1. The van der Waals surface area contributed by atoms with E-state index in [2.05, 4.69) is 26.6 Å². The fraction of sp³-hybridized carbons (Fsp3) is 0.543.